The van der Waals surface area contributed by atoms with Gasteiger partial charge < -0.3 is 4.74 Å². The minimum absolute atomic E-state index is 0.0655. The molecule has 0 aliphatic carbocycles. The largest absolute Gasteiger partial charge is 0.380 e. The highest BCUT2D eigenvalue weighted by Gasteiger charge is 2.36. The zero-order valence-electron chi connectivity index (χ0n) is 11.3. The molecule has 0 radical (unpaired) electrons. The van der Waals surface area contributed by atoms with Crippen molar-refractivity contribution in [2.75, 3.05) is 32.6 Å². The third kappa shape index (κ3) is 2.39. The lowest BCUT2D eigenvalue weighted by molar-refractivity contribution is -0.122. The summed E-state index contributed by atoms with van der Waals surface area (Å²) >= 11 is 0. The number of carbonyl (C=O) groups excluding carboxylic acids is 1. The monoisotopic (exact) mass is 252 g/mol. The first-order valence-corrected chi connectivity index (χ1v) is 6.03. The van der Waals surface area contributed by atoms with E-state index in [4.69, 9.17) is 4.74 Å². The van der Waals surface area contributed by atoms with Crippen LogP contribution in [0.25, 0.3) is 0 Å². The minimum atomic E-state index is -0.123. The van der Waals surface area contributed by atoms with E-state index in [1.807, 2.05) is 31.3 Å². The molecule has 2 heterocycles. The van der Waals surface area contributed by atoms with Gasteiger partial charge in [-0.2, -0.15) is 5.10 Å². The number of amides is 1. The van der Waals surface area contributed by atoms with E-state index in [-0.39, 0.29) is 18.1 Å². The molecular weight excluding hydrogens is 232 g/mol. The molecule has 0 bridgehead atoms. The van der Waals surface area contributed by atoms with Gasteiger partial charge in [-0.15, -0.1) is 0 Å². The molecule has 2 rings (SSSR count). The topological polar surface area (TPSA) is 50.6 Å². The van der Waals surface area contributed by atoms with Gasteiger partial charge >= 0.3 is 0 Å². The zero-order chi connectivity index (χ0) is 13.3. The number of likely N-dealkylation sites (N-methyl/N-ethyl adjacent to an activating group) is 2. The summed E-state index contributed by atoms with van der Waals surface area (Å²) in [5.74, 6) is 0.743. The molecule has 2 atom stereocenters. The van der Waals surface area contributed by atoms with Gasteiger partial charge in [0.15, 0.2) is 5.82 Å². The molecule has 0 N–H and O–H groups in total. The van der Waals surface area contributed by atoms with Gasteiger partial charge in [-0.3, -0.25) is 19.3 Å². The van der Waals surface area contributed by atoms with Gasteiger partial charge in [-0.25, -0.2) is 0 Å². The van der Waals surface area contributed by atoms with Crippen LogP contribution in [0.15, 0.2) is 12.3 Å². The molecule has 6 nitrogen and oxygen atoms in total. The summed E-state index contributed by atoms with van der Waals surface area (Å²) in [5.41, 5.74) is 0. The summed E-state index contributed by atoms with van der Waals surface area (Å²) in [4.78, 5) is 16.1. The Labute approximate surface area is 107 Å². The van der Waals surface area contributed by atoms with Crippen LogP contribution in [0.3, 0.4) is 0 Å². The predicted molar refractivity (Wildman–Crippen MR) is 68.5 cm³/mol. The number of nitrogens with zero attached hydrogens (tertiary/aromatic N) is 4. The normalized spacial score (nSPS) is 24.4. The number of hydrogen-bond donors (Lipinski definition) is 0. The molecule has 1 aromatic rings. The molecular formula is C12H20N4O2. The average Bonchev–Trinajstić information content (AvgIpc) is 2.93. The molecule has 1 saturated heterocycles. The van der Waals surface area contributed by atoms with Gasteiger partial charge in [0.2, 0.25) is 5.91 Å². The Morgan fingerprint density at radius 1 is 1.56 bits per heavy atom. The number of rotatable bonds is 3. The maximum absolute atomic E-state index is 12.4. The highest BCUT2D eigenvalue weighted by Crippen LogP contribution is 2.21. The van der Waals surface area contributed by atoms with Gasteiger partial charge in [-0.1, -0.05) is 0 Å². The first-order chi connectivity index (χ1) is 8.52. The molecule has 100 valence electrons. The molecule has 1 aliphatic heterocycles. The van der Waals surface area contributed by atoms with E-state index in [9.17, 15) is 4.79 Å². The van der Waals surface area contributed by atoms with E-state index in [0.717, 1.165) is 13.0 Å². The molecule has 18 heavy (non-hydrogen) atoms. The second-order valence-corrected chi connectivity index (χ2v) is 4.79. The fraction of sp³-hybridized carbons (Fsp3) is 0.667. The number of likely N-dealkylation sites (tertiary alicyclic amines) is 1. The van der Waals surface area contributed by atoms with Crippen molar-refractivity contribution in [3.8, 4) is 0 Å². The van der Waals surface area contributed by atoms with Crippen molar-refractivity contribution in [1.29, 1.82) is 0 Å². The molecule has 0 saturated carbocycles. The van der Waals surface area contributed by atoms with Gasteiger partial charge in [0, 0.05) is 40.0 Å². The Morgan fingerprint density at radius 2 is 2.28 bits per heavy atom. The molecule has 6 heteroatoms. The van der Waals surface area contributed by atoms with Crippen LogP contribution in [0.2, 0.25) is 0 Å². The van der Waals surface area contributed by atoms with Crippen molar-refractivity contribution in [3.05, 3.63) is 12.3 Å². The summed E-state index contributed by atoms with van der Waals surface area (Å²) in [7, 11) is 7.24. The lowest BCUT2D eigenvalue weighted by Crippen LogP contribution is -2.42. The van der Waals surface area contributed by atoms with Crippen molar-refractivity contribution in [1.82, 2.24) is 14.7 Å². The van der Waals surface area contributed by atoms with E-state index in [1.165, 1.54) is 0 Å². The first kappa shape index (κ1) is 13.0. The van der Waals surface area contributed by atoms with Gasteiger partial charge in [0.05, 0.1) is 12.1 Å². The highest BCUT2D eigenvalue weighted by atomic mass is 16.5. The van der Waals surface area contributed by atoms with Crippen LogP contribution in [0.4, 0.5) is 5.82 Å². The standard InChI is InChI=1S/C12H20N4O2/c1-14-8-9(18-4)7-10(14)12(17)16(3)11-5-6-15(2)13-11/h5-6,9-10H,7-8H2,1-4H3/t9-,10-/m0/s1. The Morgan fingerprint density at radius 3 is 2.78 bits per heavy atom. The lowest BCUT2D eigenvalue weighted by Gasteiger charge is -2.23. The zero-order valence-corrected chi connectivity index (χ0v) is 11.3. The summed E-state index contributed by atoms with van der Waals surface area (Å²) < 4.78 is 7.01. The Hall–Kier alpha value is -1.40. The van der Waals surface area contributed by atoms with Crippen LogP contribution >= 0.6 is 0 Å². The van der Waals surface area contributed by atoms with Crippen molar-refractivity contribution in [2.24, 2.45) is 7.05 Å². The van der Waals surface area contributed by atoms with Crippen molar-refractivity contribution in [3.63, 3.8) is 0 Å². The minimum Gasteiger partial charge on any atom is -0.380 e. The molecule has 1 fully saturated rings. The molecule has 1 amide bonds. The summed E-state index contributed by atoms with van der Waals surface area (Å²) in [5, 5.41) is 4.24. The number of aromatic nitrogens is 2. The Kier molecular flexibility index (Phi) is 3.68. The fourth-order valence-electron chi connectivity index (χ4n) is 2.33. The van der Waals surface area contributed by atoms with Gasteiger partial charge in [-0.05, 0) is 13.5 Å². The third-order valence-corrected chi connectivity index (χ3v) is 3.50. The summed E-state index contributed by atoms with van der Waals surface area (Å²) in [6.45, 7) is 0.795. The molecule has 1 aromatic heterocycles. The third-order valence-electron chi connectivity index (χ3n) is 3.50. The first-order valence-electron chi connectivity index (χ1n) is 6.03. The maximum Gasteiger partial charge on any atom is 0.245 e. The van der Waals surface area contributed by atoms with E-state index in [0.29, 0.717) is 5.82 Å². The van der Waals surface area contributed by atoms with E-state index in [2.05, 4.69) is 5.10 Å². The van der Waals surface area contributed by atoms with Gasteiger partial charge in [0.1, 0.15) is 0 Å². The lowest BCUT2D eigenvalue weighted by atomic mass is 10.2. The van der Waals surface area contributed by atoms with Crippen molar-refractivity contribution >= 4 is 11.7 Å². The second kappa shape index (κ2) is 5.07. The van der Waals surface area contributed by atoms with Crippen LogP contribution in [0.5, 0.6) is 0 Å². The molecule has 0 aromatic carbocycles. The number of aryl methyl sites for hydroxylation is 1. The quantitative estimate of drug-likeness (QED) is 0.766. The van der Waals surface area contributed by atoms with Crippen molar-refractivity contribution in [2.45, 2.75) is 18.6 Å². The Bertz CT molecular complexity index is 431. The van der Waals surface area contributed by atoms with Crippen LogP contribution in [0, 0.1) is 0 Å². The predicted octanol–water partition coefficient (Wildman–Crippen LogP) is 0.102. The molecule has 0 unspecified atom stereocenters. The number of methoxy groups -OCH3 is 1. The van der Waals surface area contributed by atoms with Crippen LogP contribution in [0.1, 0.15) is 6.42 Å². The number of hydrogen-bond acceptors (Lipinski definition) is 4. The fourth-order valence-corrected chi connectivity index (χ4v) is 2.33. The summed E-state index contributed by atoms with van der Waals surface area (Å²) in [6.07, 6.45) is 2.71. The maximum atomic E-state index is 12.4. The van der Waals surface area contributed by atoms with Crippen LogP contribution < -0.4 is 4.90 Å². The second-order valence-electron chi connectivity index (χ2n) is 4.79. The van der Waals surface area contributed by atoms with E-state index >= 15 is 0 Å². The van der Waals surface area contributed by atoms with E-state index < -0.39 is 0 Å². The average molecular weight is 252 g/mol. The smallest absolute Gasteiger partial charge is 0.245 e. The SMILES string of the molecule is CO[C@H]1C[C@@H](C(=O)N(C)c2ccn(C)n2)N(C)C1. The number of ether oxygens (including phenoxy) is 1. The van der Waals surface area contributed by atoms with Gasteiger partial charge in [0.25, 0.3) is 0 Å². The Balaban J connectivity index is 2.07. The summed E-state index contributed by atoms with van der Waals surface area (Å²) in [6, 6.07) is 1.71. The molecule has 1 aliphatic rings. The number of carbonyl (C=O) groups is 1. The van der Waals surface area contributed by atoms with E-state index in [1.54, 1.807) is 23.7 Å². The number of anilines is 1. The molecule has 0 spiro atoms. The van der Waals surface area contributed by atoms with Crippen molar-refractivity contribution < 1.29 is 9.53 Å². The van der Waals surface area contributed by atoms with Crippen LogP contribution in [-0.4, -0.2) is 60.5 Å². The van der Waals surface area contributed by atoms with Crippen LogP contribution in [-0.2, 0) is 16.6 Å². The highest BCUT2D eigenvalue weighted by molar-refractivity contribution is 5.96.